The lowest BCUT2D eigenvalue weighted by Gasteiger charge is -2.30. The first kappa shape index (κ1) is 23.6. The van der Waals surface area contributed by atoms with Gasteiger partial charge in [0.1, 0.15) is 16.5 Å². The van der Waals surface area contributed by atoms with E-state index in [2.05, 4.69) is 10.3 Å². The van der Waals surface area contributed by atoms with Crippen molar-refractivity contribution in [2.75, 3.05) is 12.4 Å². The van der Waals surface area contributed by atoms with Crippen molar-refractivity contribution in [3.05, 3.63) is 48.2 Å². The molecule has 2 aromatic rings. The largest absolute Gasteiger partial charge is 0.323 e. The molecule has 0 bridgehead atoms. The second kappa shape index (κ2) is 10.1. The van der Waals surface area contributed by atoms with Crippen molar-refractivity contribution in [3.63, 3.8) is 0 Å². The number of carbonyl (C=O) groups is 1. The van der Waals surface area contributed by atoms with E-state index in [1.165, 1.54) is 16.6 Å². The molecule has 1 aromatic heterocycles. The molecular weight excluding hydrogens is 444 g/mol. The molecule has 0 spiro atoms. The predicted molar refractivity (Wildman–Crippen MR) is 116 cm³/mol. The summed E-state index contributed by atoms with van der Waals surface area (Å²) in [7, 11) is -2.03. The Morgan fingerprint density at radius 2 is 1.90 bits per heavy atom. The van der Waals surface area contributed by atoms with E-state index in [-0.39, 0.29) is 16.6 Å². The van der Waals surface area contributed by atoms with E-state index in [4.69, 9.17) is 0 Å². The maximum absolute atomic E-state index is 13.7. The number of hydrogen-bond donors (Lipinski definition) is 1. The summed E-state index contributed by atoms with van der Waals surface area (Å²) in [4.78, 5) is 16.6. The summed E-state index contributed by atoms with van der Waals surface area (Å²) in [6, 6.07) is 5.94. The average molecular weight is 470 g/mol. The Hall–Kier alpha value is -2.04. The Morgan fingerprint density at radius 3 is 2.52 bits per heavy atom. The van der Waals surface area contributed by atoms with Crippen molar-refractivity contribution in [3.8, 4) is 0 Å². The fourth-order valence-electron chi connectivity index (χ4n) is 3.46. The number of aromatic nitrogens is 1. The molecule has 0 radical (unpaired) electrons. The molecule has 1 aliphatic rings. The summed E-state index contributed by atoms with van der Waals surface area (Å²) in [5.74, 6) is -2.07. The standard InChI is InChI=1S/C21H25F2N3O3S2/c1-14(21(27)25-19-10-8-15(22)12-18(19)23)30-20-11-9-17(13-24-20)31(28,29)26(2)16-6-4-3-5-7-16/h8-14,16H,3-7H2,1-2H3,(H,25,27). The topological polar surface area (TPSA) is 79.4 Å². The molecule has 6 nitrogen and oxygen atoms in total. The van der Waals surface area contributed by atoms with Gasteiger partial charge in [-0.1, -0.05) is 31.0 Å². The van der Waals surface area contributed by atoms with Crippen LogP contribution in [0.4, 0.5) is 14.5 Å². The molecule has 1 saturated carbocycles. The molecule has 168 valence electrons. The zero-order valence-corrected chi connectivity index (χ0v) is 19.0. The van der Waals surface area contributed by atoms with Crippen molar-refractivity contribution < 1.29 is 22.0 Å². The highest BCUT2D eigenvalue weighted by atomic mass is 32.2. The first-order valence-corrected chi connectivity index (χ1v) is 12.4. The highest BCUT2D eigenvalue weighted by Crippen LogP contribution is 2.28. The lowest BCUT2D eigenvalue weighted by molar-refractivity contribution is -0.115. The average Bonchev–Trinajstić information content (AvgIpc) is 2.76. The van der Waals surface area contributed by atoms with E-state index in [0.29, 0.717) is 11.1 Å². The Bertz CT molecular complexity index is 1030. The molecule has 1 atom stereocenters. The lowest BCUT2D eigenvalue weighted by atomic mass is 9.96. The number of nitrogens with one attached hydrogen (secondary N) is 1. The van der Waals surface area contributed by atoms with Gasteiger partial charge in [0.2, 0.25) is 15.9 Å². The Morgan fingerprint density at radius 1 is 1.19 bits per heavy atom. The number of benzene rings is 1. The predicted octanol–water partition coefficient (Wildman–Crippen LogP) is 4.43. The van der Waals surface area contributed by atoms with Crippen molar-refractivity contribution >= 4 is 33.4 Å². The first-order valence-electron chi connectivity index (χ1n) is 10.0. The minimum absolute atomic E-state index is 0.00313. The molecule has 0 saturated heterocycles. The number of amides is 1. The van der Waals surface area contributed by atoms with Crippen LogP contribution in [-0.4, -0.2) is 42.0 Å². The number of thioether (sulfide) groups is 1. The van der Waals surface area contributed by atoms with Crippen LogP contribution in [0, 0.1) is 11.6 Å². The fourth-order valence-corrected chi connectivity index (χ4v) is 5.61. The molecule has 1 aliphatic carbocycles. The summed E-state index contributed by atoms with van der Waals surface area (Å²) in [5, 5.41) is 2.24. The van der Waals surface area contributed by atoms with Crippen LogP contribution in [0.25, 0.3) is 0 Å². The zero-order valence-electron chi connectivity index (χ0n) is 17.3. The third-order valence-corrected chi connectivity index (χ3v) is 8.28. The minimum atomic E-state index is -3.64. The minimum Gasteiger partial charge on any atom is -0.323 e. The van der Waals surface area contributed by atoms with Crippen molar-refractivity contribution in [1.29, 1.82) is 0 Å². The Kier molecular flexibility index (Phi) is 7.66. The maximum atomic E-state index is 13.7. The molecule has 10 heteroatoms. The monoisotopic (exact) mass is 469 g/mol. The number of rotatable bonds is 7. The van der Waals surface area contributed by atoms with Crippen molar-refractivity contribution in [1.82, 2.24) is 9.29 Å². The molecule has 1 heterocycles. The maximum Gasteiger partial charge on any atom is 0.244 e. The first-order chi connectivity index (χ1) is 14.7. The van der Waals surface area contributed by atoms with Gasteiger partial charge in [-0.15, -0.1) is 0 Å². The quantitative estimate of drug-likeness (QED) is 0.607. The molecule has 1 fully saturated rings. The number of carbonyl (C=O) groups excluding carboxylic acids is 1. The molecule has 1 unspecified atom stereocenters. The van der Waals surface area contributed by atoms with E-state index in [9.17, 15) is 22.0 Å². The van der Waals surface area contributed by atoms with Gasteiger partial charge in [-0.2, -0.15) is 4.31 Å². The van der Waals surface area contributed by atoms with Gasteiger partial charge in [0, 0.05) is 25.4 Å². The van der Waals surface area contributed by atoms with E-state index >= 15 is 0 Å². The summed E-state index contributed by atoms with van der Waals surface area (Å²) in [6.45, 7) is 1.62. The number of anilines is 1. The van der Waals surface area contributed by atoms with Crippen LogP contribution in [0.5, 0.6) is 0 Å². The molecule has 0 aliphatic heterocycles. The van der Waals surface area contributed by atoms with Gasteiger partial charge in [-0.05, 0) is 44.0 Å². The fraction of sp³-hybridized carbons (Fsp3) is 0.429. The summed E-state index contributed by atoms with van der Waals surface area (Å²) in [6.07, 6.45) is 6.20. The second-order valence-corrected chi connectivity index (χ2v) is 10.9. The normalized spacial score (nSPS) is 16.3. The number of hydrogen-bond acceptors (Lipinski definition) is 5. The number of pyridine rings is 1. The van der Waals surface area contributed by atoms with Crippen molar-refractivity contribution in [2.45, 2.75) is 60.2 Å². The van der Waals surface area contributed by atoms with Gasteiger partial charge < -0.3 is 5.32 Å². The number of nitrogens with zero attached hydrogens (tertiary/aromatic N) is 2. The van der Waals surface area contributed by atoms with E-state index in [1.807, 2.05) is 0 Å². The summed E-state index contributed by atoms with van der Waals surface area (Å²) in [5.41, 5.74) is -0.112. The highest BCUT2D eigenvalue weighted by Gasteiger charge is 2.29. The third-order valence-electron chi connectivity index (χ3n) is 5.33. The van der Waals surface area contributed by atoms with Crippen molar-refractivity contribution in [2.24, 2.45) is 0 Å². The van der Waals surface area contributed by atoms with Gasteiger partial charge >= 0.3 is 0 Å². The van der Waals surface area contributed by atoms with E-state index in [0.717, 1.165) is 56.0 Å². The van der Waals surface area contributed by atoms with E-state index < -0.39 is 32.8 Å². The van der Waals surface area contributed by atoms with E-state index in [1.54, 1.807) is 20.0 Å². The van der Waals surface area contributed by atoms with Crippen LogP contribution in [-0.2, 0) is 14.8 Å². The van der Waals surface area contributed by atoms with Crippen LogP contribution in [0.15, 0.2) is 46.5 Å². The van der Waals surface area contributed by atoms with Gasteiger partial charge in [0.15, 0.2) is 0 Å². The zero-order chi connectivity index (χ0) is 22.6. The van der Waals surface area contributed by atoms with Gasteiger partial charge in [-0.25, -0.2) is 22.2 Å². The molecule has 1 amide bonds. The molecule has 3 rings (SSSR count). The third kappa shape index (κ3) is 5.81. The molecule has 31 heavy (non-hydrogen) atoms. The van der Waals surface area contributed by atoms with Crippen LogP contribution in [0.3, 0.4) is 0 Å². The number of halogens is 2. The van der Waals surface area contributed by atoms with Gasteiger partial charge in [-0.3, -0.25) is 4.79 Å². The van der Waals surface area contributed by atoms with Crippen LogP contribution in [0.2, 0.25) is 0 Å². The van der Waals surface area contributed by atoms with Gasteiger partial charge in [0.05, 0.1) is 16.0 Å². The molecule has 1 aromatic carbocycles. The lowest BCUT2D eigenvalue weighted by Crippen LogP contribution is -2.38. The SMILES string of the molecule is CC(Sc1ccc(S(=O)(=O)N(C)C2CCCCC2)cn1)C(=O)Nc1ccc(F)cc1F. The Labute approximate surface area is 185 Å². The molecule has 1 N–H and O–H groups in total. The van der Waals surface area contributed by atoms with Crippen LogP contribution in [0.1, 0.15) is 39.0 Å². The van der Waals surface area contributed by atoms with Crippen LogP contribution >= 0.6 is 11.8 Å². The highest BCUT2D eigenvalue weighted by molar-refractivity contribution is 8.00. The second-order valence-electron chi connectivity index (χ2n) is 7.52. The smallest absolute Gasteiger partial charge is 0.244 e. The summed E-state index contributed by atoms with van der Waals surface area (Å²) >= 11 is 1.11. The summed E-state index contributed by atoms with van der Waals surface area (Å²) < 4.78 is 53.9. The molecular formula is C21H25F2N3O3S2. The van der Waals surface area contributed by atoms with Gasteiger partial charge in [0.25, 0.3) is 0 Å². The van der Waals surface area contributed by atoms with Crippen LogP contribution < -0.4 is 5.32 Å². The number of sulfonamides is 1. The Balaban J connectivity index is 1.63.